The number of hydrogen-bond acceptors (Lipinski definition) is 3. The second kappa shape index (κ2) is 5.93. The average Bonchev–Trinajstić information content (AvgIpc) is 3.16. The molecule has 132 valence electrons. The number of fused-ring (bicyclic) bond motifs is 1. The maximum absolute atomic E-state index is 14.1. The lowest BCUT2D eigenvalue weighted by Gasteiger charge is -2.34. The van der Waals surface area contributed by atoms with Crippen LogP contribution in [-0.2, 0) is 16.1 Å². The van der Waals surface area contributed by atoms with Gasteiger partial charge in [0.05, 0.1) is 0 Å². The number of rotatable bonds is 2. The van der Waals surface area contributed by atoms with Crippen molar-refractivity contribution in [2.24, 2.45) is 5.92 Å². The lowest BCUT2D eigenvalue weighted by Crippen LogP contribution is -2.56. The number of carbonyl (C=O) groups is 3. The molecule has 2 atom stereocenters. The highest BCUT2D eigenvalue weighted by Crippen LogP contribution is 2.40. The molecule has 1 N–H and O–H groups in total. The van der Waals surface area contributed by atoms with E-state index in [-0.39, 0.29) is 30.1 Å². The Hall–Kier alpha value is -2.24. The van der Waals surface area contributed by atoms with E-state index in [0.717, 1.165) is 36.8 Å². The highest BCUT2D eigenvalue weighted by molar-refractivity contribution is 6.05. The highest BCUT2D eigenvalue weighted by atomic mass is 19.1. The van der Waals surface area contributed by atoms with Crippen LogP contribution in [0.2, 0.25) is 0 Å². The van der Waals surface area contributed by atoms with Crippen LogP contribution in [0.1, 0.15) is 66.4 Å². The van der Waals surface area contributed by atoms with Gasteiger partial charge in [-0.1, -0.05) is 19.8 Å². The number of halogens is 1. The van der Waals surface area contributed by atoms with Crippen molar-refractivity contribution in [1.29, 1.82) is 0 Å². The minimum Gasteiger partial charge on any atom is -0.322 e. The molecule has 0 aromatic heterocycles. The van der Waals surface area contributed by atoms with E-state index in [2.05, 4.69) is 5.32 Å². The molecule has 5 nitrogen and oxygen atoms in total. The summed E-state index contributed by atoms with van der Waals surface area (Å²) in [7, 11) is 0. The summed E-state index contributed by atoms with van der Waals surface area (Å²) in [4.78, 5) is 38.2. The van der Waals surface area contributed by atoms with Crippen molar-refractivity contribution in [3.8, 4) is 0 Å². The second-order valence-corrected chi connectivity index (χ2v) is 7.47. The van der Waals surface area contributed by atoms with Gasteiger partial charge in [-0.25, -0.2) is 4.39 Å². The van der Waals surface area contributed by atoms with Crippen molar-refractivity contribution < 1.29 is 18.8 Å². The Kier molecular flexibility index (Phi) is 3.85. The number of piperidine rings is 1. The fourth-order valence-electron chi connectivity index (χ4n) is 4.62. The second-order valence-electron chi connectivity index (χ2n) is 7.47. The number of nitrogens with zero attached hydrogens (tertiary/aromatic N) is 1. The van der Waals surface area contributed by atoms with Crippen LogP contribution in [0.5, 0.6) is 0 Å². The van der Waals surface area contributed by atoms with E-state index >= 15 is 0 Å². The van der Waals surface area contributed by atoms with Crippen molar-refractivity contribution in [2.45, 2.75) is 57.5 Å². The lowest BCUT2D eigenvalue weighted by atomic mass is 9.90. The molecule has 1 aromatic rings. The molecule has 3 amide bonds. The molecule has 0 radical (unpaired) electrons. The molecule has 4 rings (SSSR count). The van der Waals surface area contributed by atoms with E-state index in [0.29, 0.717) is 12.1 Å². The first kappa shape index (κ1) is 16.2. The number of benzene rings is 1. The number of carbonyl (C=O) groups excluding carboxylic acids is 3. The lowest BCUT2D eigenvalue weighted by molar-refractivity contribution is -0.139. The molecular weight excluding hydrogens is 323 g/mol. The first-order valence-electron chi connectivity index (χ1n) is 8.92. The molecule has 2 unspecified atom stereocenters. The topological polar surface area (TPSA) is 66.5 Å². The zero-order valence-corrected chi connectivity index (χ0v) is 14.2. The van der Waals surface area contributed by atoms with Crippen LogP contribution in [-0.4, -0.2) is 28.7 Å². The number of amides is 3. The van der Waals surface area contributed by atoms with Gasteiger partial charge in [0, 0.05) is 18.5 Å². The van der Waals surface area contributed by atoms with Crippen LogP contribution in [0.4, 0.5) is 4.39 Å². The van der Waals surface area contributed by atoms with E-state index in [9.17, 15) is 18.8 Å². The van der Waals surface area contributed by atoms with Crippen LogP contribution in [0.15, 0.2) is 12.1 Å². The Bertz CT molecular complexity index is 770. The van der Waals surface area contributed by atoms with Crippen LogP contribution in [0.3, 0.4) is 0 Å². The fraction of sp³-hybridized carbons (Fsp3) is 0.526. The van der Waals surface area contributed by atoms with E-state index in [1.807, 2.05) is 0 Å². The molecule has 1 aliphatic carbocycles. The summed E-state index contributed by atoms with van der Waals surface area (Å²) in [6, 6.07) is 2.16. The summed E-state index contributed by atoms with van der Waals surface area (Å²) >= 11 is 0. The first-order valence-corrected chi connectivity index (χ1v) is 8.92. The van der Waals surface area contributed by atoms with Crippen molar-refractivity contribution in [1.82, 2.24) is 10.2 Å². The zero-order chi connectivity index (χ0) is 17.7. The average molecular weight is 344 g/mol. The summed E-state index contributed by atoms with van der Waals surface area (Å²) in [5, 5.41) is 2.32. The van der Waals surface area contributed by atoms with Gasteiger partial charge in [0.2, 0.25) is 11.8 Å². The first-order chi connectivity index (χ1) is 12.0. The molecule has 25 heavy (non-hydrogen) atoms. The standard InChI is InChI=1S/C19H21FN2O3/c1-10-6-16(23)21-18(24)17(10)22-9-15-13(11-4-2-3-5-11)7-12(20)8-14(15)19(22)25/h7-8,10-11,17H,2-6,9H2,1H3,(H,21,23,24). The highest BCUT2D eigenvalue weighted by Gasteiger charge is 2.44. The SMILES string of the molecule is CC1CC(=O)NC(=O)C1N1Cc2c(cc(F)cc2C2CCCC2)C1=O. The molecule has 3 aliphatic rings. The van der Waals surface area contributed by atoms with Gasteiger partial charge in [-0.15, -0.1) is 0 Å². The maximum Gasteiger partial charge on any atom is 0.255 e. The van der Waals surface area contributed by atoms with E-state index in [1.165, 1.54) is 11.0 Å². The summed E-state index contributed by atoms with van der Waals surface area (Å²) < 4.78 is 14.1. The van der Waals surface area contributed by atoms with E-state index in [4.69, 9.17) is 0 Å². The molecule has 6 heteroatoms. The third kappa shape index (κ3) is 2.64. The normalized spacial score (nSPS) is 27.0. The Morgan fingerprint density at radius 2 is 1.88 bits per heavy atom. The molecular formula is C19H21FN2O3. The van der Waals surface area contributed by atoms with Gasteiger partial charge in [0.25, 0.3) is 5.91 Å². The van der Waals surface area contributed by atoms with Crippen LogP contribution in [0.25, 0.3) is 0 Å². The quantitative estimate of drug-likeness (QED) is 0.838. The van der Waals surface area contributed by atoms with E-state index < -0.39 is 17.8 Å². The van der Waals surface area contributed by atoms with Crippen molar-refractivity contribution >= 4 is 17.7 Å². The smallest absolute Gasteiger partial charge is 0.255 e. The van der Waals surface area contributed by atoms with Gasteiger partial charge in [0.15, 0.2) is 0 Å². The van der Waals surface area contributed by atoms with Gasteiger partial charge in [-0.2, -0.15) is 0 Å². The Morgan fingerprint density at radius 3 is 2.56 bits per heavy atom. The van der Waals surface area contributed by atoms with Gasteiger partial charge < -0.3 is 4.90 Å². The molecule has 1 aromatic carbocycles. The van der Waals surface area contributed by atoms with Crippen LogP contribution >= 0.6 is 0 Å². The summed E-state index contributed by atoms with van der Waals surface area (Å²) in [6.45, 7) is 2.12. The van der Waals surface area contributed by atoms with E-state index in [1.54, 1.807) is 13.0 Å². The monoisotopic (exact) mass is 344 g/mol. The van der Waals surface area contributed by atoms with Crippen LogP contribution in [0, 0.1) is 11.7 Å². The molecule has 1 saturated heterocycles. The molecule has 2 fully saturated rings. The minimum absolute atomic E-state index is 0.209. The summed E-state index contributed by atoms with van der Waals surface area (Å²) in [6.07, 6.45) is 4.48. The maximum atomic E-state index is 14.1. The Balaban J connectivity index is 1.70. The van der Waals surface area contributed by atoms with Gasteiger partial charge in [-0.3, -0.25) is 19.7 Å². The predicted octanol–water partition coefficient (Wildman–Crippen LogP) is 2.49. The summed E-state index contributed by atoms with van der Waals surface area (Å²) in [5.74, 6) is -1.42. The van der Waals surface area contributed by atoms with Crippen LogP contribution < -0.4 is 5.32 Å². The van der Waals surface area contributed by atoms with Gasteiger partial charge >= 0.3 is 0 Å². The van der Waals surface area contributed by atoms with Crippen molar-refractivity contribution in [3.05, 3.63) is 34.6 Å². The third-order valence-electron chi connectivity index (χ3n) is 5.78. The Morgan fingerprint density at radius 1 is 1.16 bits per heavy atom. The van der Waals surface area contributed by atoms with Gasteiger partial charge in [0.1, 0.15) is 11.9 Å². The molecule has 0 spiro atoms. The fourth-order valence-corrected chi connectivity index (χ4v) is 4.62. The third-order valence-corrected chi connectivity index (χ3v) is 5.78. The number of hydrogen-bond donors (Lipinski definition) is 1. The summed E-state index contributed by atoms with van der Waals surface area (Å²) in [5.41, 5.74) is 2.15. The molecule has 1 saturated carbocycles. The largest absolute Gasteiger partial charge is 0.322 e. The molecule has 0 bridgehead atoms. The molecule has 2 aliphatic heterocycles. The number of imide groups is 1. The van der Waals surface area contributed by atoms with Gasteiger partial charge in [-0.05, 0) is 47.9 Å². The van der Waals surface area contributed by atoms with Crippen molar-refractivity contribution in [3.63, 3.8) is 0 Å². The zero-order valence-electron chi connectivity index (χ0n) is 14.2. The minimum atomic E-state index is -0.683. The Labute approximate surface area is 145 Å². The molecule has 2 heterocycles. The van der Waals surface area contributed by atoms with Crippen molar-refractivity contribution in [2.75, 3.05) is 0 Å². The number of nitrogens with one attached hydrogen (secondary N) is 1. The predicted molar refractivity (Wildman–Crippen MR) is 88.2 cm³/mol.